The Hall–Kier alpha value is -0.960. The molecule has 1 aromatic rings. The molecule has 60 valence electrons. The molecule has 0 unspecified atom stereocenters. The largest absolute Gasteiger partial charge is 0.493 e. The van der Waals surface area contributed by atoms with Gasteiger partial charge in [0.15, 0.2) is 0 Å². The van der Waals surface area contributed by atoms with Crippen molar-refractivity contribution in [2.75, 3.05) is 0 Å². The van der Waals surface area contributed by atoms with Crippen LogP contribution in [-0.4, -0.2) is 9.67 Å². The molecule has 11 heavy (non-hydrogen) atoms. The molecule has 4 heteroatoms. The lowest BCUT2D eigenvalue weighted by atomic mass is 10.3. The first-order valence-electron chi connectivity index (χ1n) is 3.09. The van der Waals surface area contributed by atoms with E-state index in [4.69, 9.17) is 11.6 Å². The van der Waals surface area contributed by atoms with Crippen LogP contribution in [0.15, 0.2) is 10.9 Å². The monoisotopic (exact) mass is 173 g/mol. The Morgan fingerprint density at radius 3 is 2.73 bits per heavy atom. The molecule has 1 rings (SSSR count). The first-order valence-corrected chi connectivity index (χ1v) is 3.47. The number of rotatable bonds is 0. The van der Waals surface area contributed by atoms with E-state index in [0.29, 0.717) is 5.56 Å². The molecule has 0 aromatic carbocycles. The average Bonchev–Trinajstić information content (AvgIpc) is 1.97. The standard InChI is InChI=1S/C7H8ClNO2/c1-4-3-5(10)9(2)7(11)6(4)8/h3,11H,1-2H3. The molecule has 0 spiro atoms. The molecule has 1 N–H and O–H groups in total. The number of hydrogen-bond donors (Lipinski definition) is 1. The van der Waals surface area contributed by atoms with Crippen LogP contribution in [0.1, 0.15) is 5.56 Å². The van der Waals surface area contributed by atoms with Gasteiger partial charge >= 0.3 is 0 Å². The van der Waals surface area contributed by atoms with Crippen molar-refractivity contribution in [1.29, 1.82) is 0 Å². The molecule has 0 saturated heterocycles. The van der Waals surface area contributed by atoms with Crippen molar-refractivity contribution in [3.05, 3.63) is 27.0 Å². The molecule has 0 atom stereocenters. The van der Waals surface area contributed by atoms with Gasteiger partial charge in [-0.1, -0.05) is 11.6 Å². The van der Waals surface area contributed by atoms with Crippen LogP contribution in [0.3, 0.4) is 0 Å². The molecule has 0 saturated carbocycles. The molecule has 0 bridgehead atoms. The smallest absolute Gasteiger partial charge is 0.253 e. The zero-order valence-electron chi connectivity index (χ0n) is 6.26. The summed E-state index contributed by atoms with van der Waals surface area (Å²) in [6, 6.07) is 1.38. The molecular weight excluding hydrogens is 166 g/mol. The second kappa shape index (κ2) is 2.58. The fraction of sp³-hybridized carbons (Fsp3) is 0.286. The summed E-state index contributed by atoms with van der Waals surface area (Å²) in [5, 5.41) is 9.43. The molecule has 0 aliphatic carbocycles. The molecule has 3 nitrogen and oxygen atoms in total. The quantitative estimate of drug-likeness (QED) is 0.638. The van der Waals surface area contributed by atoms with Crippen molar-refractivity contribution in [1.82, 2.24) is 4.57 Å². The van der Waals surface area contributed by atoms with Crippen molar-refractivity contribution in [2.24, 2.45) is 7.05 Å². The molecule has 1 aromatic heterocycles. The normalized spacial score (nSPS) is 10.1. The molecular formula is C7H8ClNO2. The maximum Gasteiger partial charge on any atom is 0.253 e. The summed E-state index contributed by atoms with van der Waals surface area (Å²) >= 11 is 5.65. The fourth-order valence-electron chi connectivity index (χ4n) is 0.773. The summed E-state index contributed by atoms with van der Waals surface area (Å²) in [5.41, 5.74) is 0.330. The third-order valence-electron chi connectivity index (χ3n) is 1.53. The van der Waals surface area contributed by atoms with Gasteiger partial charge in [-0.05, 0) is 12.5 Å². The number of aromatic nitrogens is 1. The van der Waals surface area contributed by atoms with Crippen molar-refractivity contribution >= 4 is 11.6 Å². The lowest BCUT2D eigenvalue weighted by Crippen LogP contribution is -2.15. The first kappa shape index (κ1) is 8.14. The highest BCUT2D eigenvalue weighted by atomic mass is 35.5. The zero-order valence-corrected chi connectivity index (χ0v) is 7.01. The minimum Gasteiger partial charge on any atom is -0.493 e. The number of halogens is 1. The molecule has 0 aliphatic rings. The van der Waals surface area contributed by atoms with E-state index in [1.807, 2.05) is 0 Å². The van der Waals surface area contributed by atoms with E-state index < -0.39 is 0 Å². The van der Waals surface area contributed by atoms with Gasteiger partial charge in [-0.15, -0.1) is 0 Å². The van der Waals surface area contributed by atoms with Gasteiger partial charge in [0.05, 0.1) is 0 Å². The minimum atomic E-state index is -0.260. The Balaban J connectivity index is 3.59. The maximum atomic E-state index is 11.0. The summed E-state index contributed by atoms with van der Waals surface area (Å²) in [6.45, 7) is 1.67. The topological polar surface area (TPSA) is 42.2 Å². The van der Waals surface area contributed by atoms with E-state index in [1.165, 1.54) is 13.1 Å². The highest BCUT2D eigenvalue weighted by Crippen LogP contribution is 2.22. The van der Waals surface area contributed by atoms with Crippen LogP contribution in [0.2, 0.25) is 5.02 Å². The van der Waals surface area contributed by atoms with Crippen LogP contribution >= 0.6 is 11.6 Å². The number of hydrogen-bond acceptors (Lipinski definition) is 2. The minimum absolute atomic E-state index is 0.184. The van der Waals surface area contributed by atoms with E-state index in [-0.39, 0.29) is 16.5 Å². The van der Waals surface area contributed by atoms with Gasteiger partial charge in [-0.25, -0.2) is 0 Å². The Morgan fingerprint density at radius 2 is 2.18 bits per heavy atom. The number of nitrogens with zero attached hydrogens (tertiary/aromatic N) is 1. The summed E-state index contributed by atoms with van der Waals surface area (Å²) in [5.74, 6) is -0.184. The Morgan fingerprint density at radius 1 is 1.64 bits per heavy atom. The second-order valence-electron chi connectivity index (χ2n) is 2.36. The first-order chi connectivity index (χ1) is 5.04. The lowest BCUT2D eigenvalue weighted by molar-refractivity contribution is 0.423. The molecule has 0 aliphatic heterocycles. The third kappa shape index (κ3) is 1.24. The van der Waals surface area contributed by atoms with Gasteiger partial charge in [-0.3, -0.25) is 9.36 Å². The number of aryl methyl sites for hydroxylation is 1. The van der Waals surface area contributed by atoms with Crippen molar-refractivity contribution in [3.63, 3.8) is 0 Å². The van der Waals surface area contributed by atoms with Crippen molar-refractivity contribution in [2.45, 2.75) is 6.92 Å². The van der Waals surface area contributed by atoms with E-state index in [1.54, 1.807) is 6.92 Å². The Bertz CT molecular complexity index is 343. The van der Waals surface area contributed by atoms with E-state index in [2.05, 4.69) is 0 Å². The van der Waals surface area contributed by atoms with Crippen LogP contribution in [0.4, 0.5) is 0 Å². The summed E-state index contributed by atoms with van der Waals surface area (Å²) in [6.07, 6.45) is 0. The molecule has 1 heterocycles. The maximum absolute atomic E-state index is 11.0. The van der Waals surface area contributed by atoms with Crippen molar-refractivity contribution in [3.8, 4) is 5.88 Å². The Kier molecular flexibility index (Phi) is 1.91. The van der Waals surface area contributed by atoms with Crippen molar-refractivity contribution < 1.29 is 5.11 Å². The lowest BCUT2D eigenvalue weighted by Gasteiger charge is -2.04. The van der Waals surface area contributed by atoms with Gasteiger partial charge in [-0.2, -0.15) is 0 Å². The molecule has 0 fully saturated rings. The Labute approximate surface area is 68.8 Å². The van der Waals surface area contributed by atoms with Gasteiger partial charge in [0.25, 0.3) is 5.56 Å². The van der Waals surface area contributed by atoms with Crippen LogP contribution in [-0.2, 0) is 7.05 Å². The summed E-state index contributed by atoms with van der Waals surface area (Å²) in [7, 11) is 1.46. The van der Waals surface area contributed by atoms with Gasteiger partial charge in [0.1, 0.15) is 5.02 Å². The number of pyridine rings is 1. The predicted molar refractivity (Wildman–Crippen MR) is 43.1 cm³/mol. The summed E-state index contributed by atoms with van der Waals surface area (Å²) in [4.78, 5) is 11.0. The van der Waals surface area contributed by atoms with Crippen LogP contribution in [0, 0.1) is 6.92 Å². The SMILES string of the molecule is Cc1cc(=O)n(C)c(O)c1Cl. The van der Waals surface area contributed by atoms with E-state index >= 15 is 0 Å². The number of aromatic hydroxyl groups is 1. The van der Waals surface area contributed by atoms with E-state index in [0.717, 1.165) is 4.57 Å². The zero-order chi connectivity index (χ0) is 8.59. The van der Waals surface area contributed by atoms with Gasteiger partial charge in [0.2, 0.25) is 5.88 Å². The average molecular weight is 174 g/mol. The highest BCUT2D eigenvalue weighted by molar-refractivity contribution is 6.32. The van der Waals surface area contributed by atoms with Gasteiger partial charge in [0, 0.05) is 13.1 Å². The van der Waals surface area contributed by atoms with Gasteiger partial charge < -0.3 is 5.11 Å². The third-order valence-corrected chi connectivity index (χ3v) is 2.00. The fourth-order valence-corrected chi connectivity index (χ4v) is 0.955. The van der Waals surface area contributed by atoms with E-state index in [9.17, 15) is 9.90 Å². The predicted octanol–water partition coefficient (Wildman–Crippen LogP) is 1.05. The molecule has 0 amide bonds. The molecule has 0 radical (unpaired) electrons. The summed E-state index contributed by atoms with van der Waals surface area (Å²) < 4.78 is 1.09. The highest BCUT2D eigenvalue weighted by Gasteiger charge is 2.06. The second-order valence-corrected chi connectivity index (χ2v) is 2.74. The van der Waals surface area contributed by atoms with Crippen LogP contribution in [0.5, 0.6) is 5.88 Å². The van der Waals surface area contributed by atoms with Crippen LogP contribution < -0.4 is 5.56 Å². The van der Waals surface area contributed by atoms with Crippen LogP contribution in [0.25, 0.3) is 0 Å².